The fourth-order valence-electron chi connectivity index (χ4n) is 2.89. The van der Waals surface area contributed by atoms with Crippen molar-refractivity contribution in [2.45, 2.75) is 124 Å². The maximum atomic E-state index is 12.0. The van der Waals surface area contributed by atoms with Gasteiger partial charge in [0.1, 0.15) is 5.78 Å². The minimum atomic E-state index is -0.709. The summed E-state index contributed by atoms with van der Waals surface area (Å²) in [6, 6.07) is 0. The first-order valence-corrected chi connectivity index (χ1v) is 10.1. The molecule has 5 nitrogen and oxygen atoms in total. The third-order valence-corrected chi connectivity index (χ3v) is 4.13. The van der Waals surface area contributed by atoms with Gasteiger partial charge in [-0.05, 0) is 54.9 Å². The number of aliphatic hydroxyl groups excluding tert-OH is 1. The van der Waals surface area contributed by atoms with E-state index in [9.17, 15) is 9.90 Å². The Labute approximate surface area is 160 Å². The molecule has 0 rings (SSSR count). The van der Waals surface area contributed by atoms with Crippen LogP contribution in [0.1, 0.15) is 81.6 Å². The molecule has 0 saturated heterocycles. The molecule has 26 heavy (non-hydrogen) atoms. The minimum Gasteiger partial charge on any atom is -0.390 e. The van der Waals surface area contributed by atoms with Crippen molar-refractivity contribution in [3.05, 3.63) is 0 Å². The number of carbonyl (C=O) groups excluding carboxylic acids is 1. The highest BCUT2D eigenvalue weighted by atomic mass is 16.6. The molecule has 0 fully saturated rings. The summed E-state index contributed by atoms with van der Waals surface area (Å²) in [5.74, 6) is 0.198. The number of hydrogen-bond acceptors (Lipinski definition) is 5. The lowest BCUT2D eigenvalue weighted by molar-refractivity contribution is -0.137. The number of Topliss-reactive ketones (excluding diaryl/α,β-unsaturated/α-hetero) is 1. The van der Waals surface area contributed by atoms with Gasteiger partial charge in [-0.3, -0.25) is 4.79 Å². The van der Waals surface area contributed by atoms with Crippen LogP contribution in [0.5, 0.6) is 0 Å². The number of rotatable bonds is 14. The summed E-state index contributed by atoms with van der Waals surface area (Å²) >= 11 is 0. The number of aliphatic hydroxyl groups is 1. The molecule has 1 N–H and O–H groups in total. The van der Waals surface area contributed by atoms with Crippen molar-refractivity contribution in [1.29, 1.82) is 0 Å². The van der Waals surface area contributed by atoms with Crippen LogP contribution in [0.2, 0.25) is 0 Å². The van der Waals surface area contributed by atoms with Crippen LogP contribution in [-0.2, 0) is 19.0 Å². The molecule has 0 saturated carbocycles. The van der Waals surface area contributed by atoms with Crippen LogP contribution in [0.4, 0.5) is 0 Å². The largest absolute Gasteiger partial charge is 0.390 e. The van der Waals surface area contributed by atoms with E-state index in [4.69, 9.17) is 14.2 Å². The lowest BCUT2D eigenvalue weighted by atomic mass is 9.96. The molecule has 0 amide bonds. The standard InChI is InChI=1S/C21H42O5/c1-13(2)18(22)10-11-20(25-15(5)6)19(23)12-21(26-16(7)8)17(9)24-14(3)4/h13-17,19-21,23H,10-12H2,1-9H3. The number of carbonyl (C=O) groups is 1. The molecule has 0 aliphatic carbocycles. The van der Waals surface area contributed by atoms with Gasteiger partial charge in [0.05, 0.1) is 42.7 Å². The van der Waals surface area contributed by atoms with Crippen LogP contribution in [0.15, 0.2) is 0 Å². The molecule has 4 atom stereocenters. The second kappa shape index (κ2) is 12.8. The summed E-state index contributed by atoms with van der Waals surface area (Å²) in [4.78, 5) is 12.0. The van der Waals surface area contributed by atoms with Crippen molar-refractivity contribution in [2.75, 3.05) is 0 Å². The molecule has 0 heterocycles. The van der Waals surface area contributed by atoms with Crippen molar-refractivity contribution in [2.24, 2.45) is 5.92 Å². The van der Waals surface area contributed by atoms with Gasteiger partial charge in [0, 0.05) is 18.8 Å². The predicted molar refractivity (Wildman–Crippen MR) is 105 cm³/mol. The van der Waals surface area contributed by atoms with Gasteiger partial charge in [-0.25, -0.2) is 0 Å². The predicted octanol–water partition coefficient (Wildman–Crippen LogP) is 4.14. The normalized spacial score (nSPS) is 17.2. The van der Waals surface area contributed by atoms with Crippen LogP contribution >= 0.6 is 0 Å². The Bertz CT molecular complexity index is 379. The van der Waals surface area contributed by atoms with Crippen molar-refractivity contribution < 1.29 is 24.1 Å². The number of ether oxygens (including phenoxy) is 3. The summed E-state index contributed by atoms with van der Waals surface area (Å²) in [6.07, 6.45) is 0.00225. The van der Waals surface area contributed by atoms with Crippen molar-refractivity contribution in [1.82, 2.24) is 0 Å². The van der Waals surface area contributed by atoms with E-state index in [0.29, 0.717) is 19.3 Å². The molecular formula is C21H42O5. The summed E-state index contributed by atoms with van der Waals surface area (Å²) in [5.41, 5.74) is 0. The van der Waals surface area contributed by atoms with Gasteiger partial charge < -0.3 is 19.3 Å². The van der Waals surface area contributed by atoms with Crippen LogP contribution in [0, 0.1) is 5.92 Å². The van der Waals surface area contributed by atoms with Gasteiger partial charge in [-0.2, -0.15) is 0 Å². The molecule has 0 aromatic carbocycles. The first kappa shape index (κ1) is 25.5. The second-order valence-corrected chi connectivity index (χ2v) is 8.30. The average molecular weight is 375 g/mol. The molecular weight excluding hydrogens is 332 g/mol. The zero-order valence-corrected chi connectivity index (χ0v) is 18.3. The number of hydrogen-bond donors (Lipinski definition) is 1. The molecule has 0 spiro atoms. The van der Waals surface area contributed by atoms with E-state index in [1.165, 1.54) is 0 Å². The monoisotopic (exact) mass is 374 g/mol. The Morgan fingerprint density at radius 2 is 1.23 bits per heavy atom. The van der Waals surface area contributed by atoms with Gasteiger partial charge in [-0.15, -0.1) is 0 Å². The summed E-state index contributed by atoms with van der Waals surface area (Å²) in [6.45, 7) is 17.6. The van der Waals surface area contributed by atoms with Crippen LogP contribution in [0.25, 0.3) is 0 Å². The topological polar surface area (TPSA) is 65.0 Å². The lowest BCUT2D eigenvalue weighted by Gasteiger charge is -2.32. The molecule has 0 radical (unpaired) electrons. The van der Waals surface area contributed by atoms with E-state index >= 15 is 0 Å². The smallest absolute Gasteiger partial charge is 0.135 e. The zero-order valence-electron chi connectivity index (χ0n) is 18.3. The maximum Gasteiger partial charge on any atom is 0.135 e. The highest BCUT2D eigenvalue weighted by molar-refractivity contribution is 5.80. The molecule has 0 aromatic heterocycles. The van der Waals surface area contributed by atoms with Crippen LogP contribution < -0.4 is 0 Å². The molecule has 0 aromatic rings. The fourth-order valence-corrected chi connectivity index (χ4v) is 2.89. The van der Waals surface area contributed by atoms with Crippen molar-refractivity contribution >= 4 is 5.78 Å². The van der Waals surface area contributed by atoms with Crippen molar-refractivity contribution in [3.8, 4) is 0 Å². The first-order valence-electron chi connectivity index (χ1n) is 10.1. The third-order valence-electron chi connectivity index (χ3n) is 4.13. The van der Waals surface area contributed by atoms with Gasteiger partial charge >= 0.3 is 0 Å². The molecule has 5 heteroatoms. The van der Waals surface area contributed by atoms with E-state index in [2.05, 4.69) is 0 Å². The summed E-state index contributed by atoms with van der Waals surface area (Å²) < 4.78 is 17.8. The Balaban J connectivity index is 5.00. The molecule has 156 valence electrons. The Hall–Kier alpha value is -0.490. The van der Waals surface area contributed by atoms with E-state index in [1.54, 1.807) is 0 Å². The van der Waals surface area contributed by atoms with Gasteiger partial charge in [0.2, 0.25) is 0 Å². The molecule has 0 aliphatic heterocycles. The first-order chi connectivity index (χ1) is 11.9. The Morgan fingerprint density at radius 1 is 0.769 bits per heavy atom. The average Bonchev–Trinajstić information content (AvgIpc) is 2.48. The Kier molecular flexibility index (Phi) is 12.6. The molecule has 0 bridgehead atoms. The second-order valence-electron chi connectivity index (χ2n) is 8.30. The fraction of sp³-hybridized carbons (Fsp3) is 0.952. The van der Waals surface area contributed by atoms with Crippen LogP contribution in [-0.4, -0.2) is 53.6 Å². The maximum absolute atomic E-state index is 12.0. The quantitative estimate of drug-likeness (QED) is 0.495. The van der Waals surface area contributed by atoms with Crippen LogP contribution in [0.3, 0.4) is 0 Å². The number of ketones is 1. The highest BCUT2D eigenvalue weighted by Crippen LogP contribution is 2.21. The van der Waals surface area contributed by atoms with Gasteiger partial charge in [0.15, 0.2) is 0 Å². The summed E-state index contributed by atoms with van der Waals surface area (Å²) in [5, 5.41) is 10.8. The molecule has 0 aliphatic rings. The Morgan fingerprint density at radius 3 is 1.65 bits per heavy atom. The minimum absolute atomic E-state index is 0.00308. The molecule has 4 unspecified atom stereocenters. The summed E-state index contributed by atoms with van der Waals surface area (Å²) in [7, 11) is 0. The van der Waals surface area contributed by atoms with Gasteiger partial charge in [-0.1, -0.05) is 13.8 Å². The lowest BCUT2D eigenvalue weighted by Crippen LogP contribution is -2.41. The van der Waals surface area contributed by atoms with E-state index in [1.807, 2.05) is 62.3 Å². The highest BCUT2D eigenvalue weighted by Gasteiger charge is 2.30. The zero-order chi connectivity index (χ0) is 20.4. The van der Waals surface area contributed by atoms with E-state index in [-0.39, 0.29) is 48.3 Å². The van der Waals surface area contributed by atoms with Gasteiger partial charge in [0.25, 0.3) is 0 Å². The van der Waals surface area contributed by atoms with E-state index in [0.717, 1.165) is 0 Å². The third kappa shape index (κ3) is 11.3. The van der Waals surface area contributed by atoms with E-state index < -0.39 is 6.10 Å². The SMILES string of the molecule is CC(C)OC(C)C(CC(O)C(CCC(=O)C(C)C)OC(C)C)OC(C)C. The van der Waals surface area contributed by atoms with Crippen molar-refractivity contribution in [3.63, 3.8) is 0 Å².